The molecule has 0 aliphatic heterocycles. The minimum atomic E-state index is -0.492. The molecule has 0 atom stereocenters. The Hall–Kier alpha value is -2.34. The minimum Gasteiger partial charge on any atom is -0.484 e. The molecule has 2 rings (SSSR count). The summed E-state index contributed by atoms with van der Waals surface area (Å²) in [6.45, 7) is 0.526. The number of nitrogens with two attached hydrogens (primary N) is 1. The molecule has 0 bridgehead atoms. The van der Waals surface area contributed by atoms with Crippen LogP contribution in [0, 0.1) is 0 Å². The first-order valence-electron chi connectivity index (χ1n) is 6.35. The van der Waals surface area contributed by atoms with Gasteiger partial charge in [-0.15, -0.1) is 11.3 Å². The van der Waals surface area contributed by atoms with Gasteiger partial charge >= 0.3 is 0 Å². The SMILES string of the molecule is CN(Cc1cccs1)C(=O)COc1ccc(C(N)=O)cc1. The fourth-order valence-electron chi connectivity index (χ4n) is 1.70. The summed E-state index contributed by atoms with van der Waals surface area (Å²) in [5.41, 5.74) is 5.56. The second-order valence-electron chi connectivity index (χ2n) is 4.51. The van der Waals surface area contributed by atoms with Gasteiger partial charge in [0.25, 0.3) is 5.91 Å². The second kappa shape index (κ2) is 6.90. The molecule has 0 saturated carbocycles. The summed E-state index contributed by atoms with van der Waals surface area (Å²) in [5, 5.41) is 1.98. The van der Waals surface area contributed by atoms with Gasteiger partial charge in [-0.1, -0.05) is 6.07 Å². The molecule has 0 aliphatic carbocycles. The van der Waals surface area contributed by atoms with E-state index in [1.807, 2.05) is 17.5 Å². The number of nitrogens with zero attached hydrogens (tertiary/aromatic N) is 1. The molecule has 21 heavy (non-hydrogen) atoms. The van der Waals surface area contributed by atoms with E-state index in [4.69, 9.17) is 10.5 Å². The summed E-state index contributed by atoms with van der Waals surface area (Å²) in [5.74, 6) is -0.0754. The van der Waals surface area contributed by atoms with E-state index in [9.17, 15) is 9.59 Å². The standard InChI is InChI=1S/C15H16N2O3S/c1-17(9-13-3-2-8-21-13)14(18)10-20-12-6-4-11(5-7-12)15(16)19/h2-8H,9-10H2,1H3,(H2,16,19). The number of ether oxygens (including phenoxy) is 1. The molecule has 2 amide bonds. The van der Waals surface area contributed by atoms with Gasteiger partial charge in [-0.3, -0.25) is 9.59 Å². The van der Waals surface area contributed by atoms with Crippen molar-refractivity contribution in [1.82, 2.24) is 4.90 Å². The Kier molecular flexibility index (Phi) is 4.94. The smallest absolute Gasteiger partial charge is 0.260 e. The molecule has 0 spiro atoms. The molecule has 0 unspecified atom stereocenters. The average molecular weight is 304 g/mol. The molecular weight excluding hydrogens is 288 g/mol. The normalized spacial score (nSPS) is 10.1. The molecule has 1 heterocycles. The van der Waals surface area contributed by atoms with E-state index in [1.54, 1.807) is 47.5 Å². The zero-order chi connectivity index (χ0) is 15.2. The summed E-state index contributed by atoms with van der Waals surface area (Å²) in [6, 6.07) is 10.3. The Morgan fingerprint density at radius 1 is 1.24 bits per heavy atom. The first kappa shape index (κ1) is 15.1. The number of hydrogen-bond acceptors (Lipinski definition) is 4. The molecule has 2 aromatic rings. The van der Waals surface area contributed by atoms with Crippen LogP contribution in [0.3, 0.4) is 0 Å². The van der Waals surface area contributed by atoms with Crippen molar-refractivity contribution in [3.8, 4) is 5.75 Å². The van der Waals surface area contributed by atoms with Gasteiger partial charge in [-0.05, 0) is 35.7 Å². The Bertz CT molecular complexity index is 608. The van der Waals surface area contributed by atoms with Gasteiger partial charge < -0.3 is 15.4 Å². The molecule has 110 valence electrons. The van der Waals surface area contributed by atoms with Crippen LogP contribution in [0.15, 0.2) is 41.8 Å². The number of carbonyl (C=O) groups is 2. The van der Waals surface area contributed by atoms with Crippen molar-refractivity contribution in [3.63, 3.8) is 0 Å². The van der Waals surface area contributed by atoms with Crippen LogP contribution in [0.5, 0.6) is 5.75 Å². The van der Waals surface area contributed by atoms with Crippen molar-refractivity contribution < 1.29 is 14.3 Å². The number of hydrogen-bond donors (Lipinski definition) is 1. The summed E-state index contributed by atoms with van der Waals surface area (Å²) < 4.78 is 5.40. The topological polar surface area (TPSA) is 72.6 Å². The minimum absolute atomic E-state index is 0.0439. The summed E-state index contributed by atoms with van der Waals surface area (Å²) in [4.78, 5) is 25.6. The molecule has 0 saturated heterocycles. The van der Waals surface area contributed by atoms with Gasteiger partial charge in [0.05, 0.1) is 6.54 Å². The highest BCUT2D eigenvalue weighted by molar-refractivity contribution is 7.09. The van der Waals surface area contributed by atoms with Crippen molar-refractivity contribution in [3.05, 3.63) is 52.2 Å². The van der Waals surface area contributed by atoms with E-state index in [0.29, 0.717) is 17.9 Å². The largest absolute Gasteiger partial charge is 0.484 e. The van der Waals surface area contributed by atoms with Crippen LogP contribution in [0.25, 0.3) is 0 Å². The lowest BCUT2D eigenvalue weighted by atomic mass is 10.2. The van der Waals surface area contributed by atoms with Crippen LogP contribution in [-0.4, -0.2) is 30.4 Å². The van der Waals surface area contributed by atoms with Gasteiger partial charge in [-0.25, -0.2) is 0 Å². The first-order chi connectivity index (χ1) is 10.1. The van der Waals surface area contributed by atoms with E-state index in [0.717, 1.165) is 4.88 Å². The third kappa shape index (κ3) is 4.32. The van der Waals surface area contributed by atoms with Crippen molar-refractivity contribution >= 4 is 23.2 Å². The van der Waals surface area contributed by atoms with E-state index in [2.05, 4.69) is 0 Å². The lowest BCUT2D eigenvalue weighted by Gasteiger charge is -2.16. The molecule has 6 heteroatoms. The van der Waals surface area contributed by atoms with Crippen LogP contribution in [0.4, 0.5) is 0 Å². The average Bonchev–Trinajstić information content (AvgIpc) is 2.98. The maximum absolute atomic E-state index is 11.9. The van der Waals surface area contributed by atoms with E-state index in [-0.39, 0.29) is 12.5 Å². The number of rotatable bonds is 6. The predicted octanol–water partition coefficient (Wildman–Crippen LogP) is 1.88. The second-order valence-corrected chi connectivity index (χ2v) is 5.54. The van der Waals surface area contributed by atoms with Crippen molar-refractivity contribution in [2.75, 3.05) is 13.7 Å². The van der Waals surface area contributed by atoms with Crippen LogP contribution < -0.4 is 10.5 Å². The number of carbonyl (C=O) groups excluding carboxylic acids is 2. The molecule has 5 nitrogen and oxygen atoms in total. The van der Waals surface area contributed by atoms with Crippen molar-refractivity contribution in [2.45, 2.75) is 6.54 Å². The Balaban J connectivity index is 1.84. The highest BCUT2D eigenvalue weighted by atomic mass is 32.1. The van der Waals surface area contributed by atoms with Gasteiger partial charge in [-0.2, -0.15) is 0 Å². The van der Waals surface area contributed by atoms with Gasteiger partial charge in [0.1, 0.15) is 5.75 Å². The number of amides is 2. The van der Waals surface area contributed by atoms with Crippen molar-refractivity contribution in [1.29, 1.82) is 0 Å². The fourth-order valence-corrected chi connectivity index (χ4v) is 2.45. The number of thiophene rings is 1. The monoisotopic (exact) mass is 304 g/mol. The fraction of sp³-hybridized carbons (Fsp3) is 0.200. The number of benzene rings is 1. The van der Waals surface area contributed by atoms with Crippen LogP contribution in [0.1, 0.15) is 15.2 Å². The van der Waals surface area contributed by atoms with Gasteiger partial charge in [0, 0.05) is 17.5 Å². The highest BCUT2D eigenvalue weighted by Crippen LogP contribution is 2.13. The lowest BCUT2D eigenvalue weighted by molar-refractivity contribution is -0.132. The van der Waals surface area contributed by atoms with Crippen LogP contribution in [0.2, 0.25) is 0 Å². The predicted molar refractivity (Wildman–Crippen MR) is 81.2 cm³/mol. The zero-order valence-electron chi connectivity index (χ0n) is 11.6. The molecule has 1 aromatic heterocycles. The summed E-state index contributed by atoms with van der Waals surface area (Å²) in [7, 11) is 1.74. The van der Waals surface area contributed by atoms with Gasteiger partial charge in [0.2, 0.25) is 5.91 Å². The lowest BCUT2D eigenvalue weighted by Crippen LogP contribution is -2.30. The maximum atomic E-state index is 11.9. The van der Waals surface area contributed by atoms with Gasteiger partial charge in [0.15, 0.2) is 6.61 Å². The number of primary amides is 1. The zero-order valence-corrected chi connectivity index (χ0v) is 12.4. The van der Waals surface area contributed by atoms with Crippen LogP contribution >= 0.6 is 11.3 Å². The molecule has 0 fully saturated rings. The molecular formula is C15H16N2O3S. The highest BCUT2D eigenvalue weighted by Gasteiger charge is 2.11. The Labute approximate surface area is 126 Å². The maximum Gasteiger partial charge on any atom is 0.260 e. The molecule has 0 aliphatic rings. The molecule has 2 N–H and O–H groups in total. The first-order valence-corrected chi connectivity index (χ1v) is 7.23. The quantitative estimate of drug-likeness (QED) is 0.885. The third-order valence-electron chi connectivity index (χ3n) is 2.90. The summed E-state index contributed by atoms with van der Waals surface area (Å²) in [6.07, 6.45) is 0. The van der Waals surface area contributed by atoms with E-state index in [1.165, 1.54) is 0 Å². The third-order valence-corrected chi connectivity index (χ3v) is 3.76. The Morgan fingerprint density at radius 3 is 2.52 bits per heavy atom. The Morgan fingerprint density at radius 2 is 1.95 bits per heavy atom. The van der Waals surface area contributed by atoms with Crippen LogP contribution in [-0.2, 0) is 11.3 Å². The summed E-state index contributed by atoms with van der Waals surface area (Å²) >= 11 is 1.61. The number of likely N-dealkylation sites (N-methyl/N-ethyl adjacent to an activating group) is 1. The van der Waals surface area contributed by atoms with E-state index < -0.39 is 5.91 Å². The molecule has 0 radical (unpaired) electrons. The van der Waals surface area contributed by atoms with E-state index >= 15 is 0 Å². The van der Waals surface area contributed by atoms with Crippen molar-refractivity contribution in [2.24, 2.45) is 5.73 Å². The molecule has 1 aromatic carbocycles.